The fourth-order valence-electron chi connectivity index (χ4n) is 3.53. The molecule has 2 N–H and O–H groups in total. The van der Waals surface area contributed by atoms with Crippen molar-refractivity contribution in [3.8, 4) is 5.69 Å². The van der Waals surface area contributed by atoms with Crippen LogP contribution in [0.1, 0.15) is 44.9 Å². The fourth-order valence-corrected chi connectivity index (χ4v) is 3.53. The fraction of sp³-hybridized carbons (Fsp3) is 0.571. The summed E-state index contributed by atoms with van der Waals surface area (Å²) >= 11 is 0. The van der Waals surface area contributed by atoms with E-state index in [4.69, 9.17) is 4.99 Å². The summed E-state index contributed by atoms with van der Waals surface area (Å²) in [7, 11) is 0. The molecule has 1 fully saturated rings. The van der Waals surface area contributed by atoms with Gasteiger partial charge in [-0.2, -0.15) is 0 Å². The van der Waals surface area contributed by atoms with Crippen molar-refractivity contribution in [3.05, 3.63) is 42.5 Å². The van der Waals surface area contributed by atoms with Crippen LogP contribution in [0.2, 0.25) is 0 Å². The predicted molar refractivity (Wildman–Crippen MR) is 114 cm³/mol. The molecule has 0 unspecified atom stereocenters. The molecule has 0 saturated carbocycles. The first-order valence-corrected chi connectivity index (χ1v) is 10.6. The molecule has 1 aliphatic rings. The Balaban J connectivity index is 1.50. The molecule has 1 saturated heterocycles. The second-order valence-corrected chi connectivity index (χ2v) is 7.18. The smallest absolute Gasteiger partial charge is 0.191 e. The normalized spacial score (nSPS) is 16.0. The number of aliphatic imine (C=N–C) groups is 1. The average Bonchev–Trinajstić information content (AvgIpc) is 3.05. The Morgan fingerprint density at radius 1 is 1.07 bits per heavy atom. The molecule has 0 spiro atoms. The number of guanidine groups is 1. The molecule has 2 heterocycles. The number of benzene rings is 1. The van der Waals surface area contributed by atoms with E-state index in [9.17, 15) is 0 Å². The first-order valence-electron chi connectivity index (χ1n) is 10.6. The zero-order valence-electron chi connectivity index (χ0n) is 17.0. The van der Waals surface area contributed by atoms with E-state index in [0.717, 1.165) is 43.5 Å². The lowest BCUT2D eigenvalue weighted by Crippen LogP contribution is -2.39. The largest absolute Gasteiger partial charge is 0.357 e. The quantitative estimate of drug-likeness (QED) is 0.417. The lowest BCUT2D eigenvalue weighted by Gasteiger charge is -2.20. The van der Waals surface area contributed by atoms with Crippen LogP contribution in [-0.4, -0.2) is 58.3 Å². The van der Waals surface area contributed by atoms with Crippen molar-refractivity contribution >= 4 is 5.96 Å². The van der Waals surface area contributed by atoms with Crippen LogP contribution in [0.4, 0.5) is 0 Å². The molecular formula is C21H33N7. The summed E-state index contributed by atoms with van der Waals surface area (Å²) in [5.41, 5.74) is 1.05. The van der Waals surface area contributed by atoms with Gasteiger partial charge in [-0.25, -0.2) is 4.99 Å². The maximum absolute atomic E-state index is 4.70. The van der Waals surface area contributed by atoms with Crippen molar-refractivity contribution < 1.29 is 0 Å². The van der Waals surface area contributed by atoms with Crippen molar-refractivity contribution in [2.24, 2.45) is 4.99 Å². The number of likely N-dealkylation sites (tertiary alicyclic amines) is 1. The van der Waals surface area contributed by atoms with Crippen molar-refractivity contribution in [2.45, 2.75) is 45.6 Å². The summed E-state index contributed by atoms with van der Waals surface area (Å²) in [4.78, 5) is 7.30. The molecule has 0 atom stereocenters. The first-order chi connectivity index (χ1) is 13.9. The van der Waals surface area contributed by atoms with Gasteiger partial charge in [0.25, 0.3) is 0 Å². The van der Waals surface area contributed by atoms with Crippen molar-refractivity contribution in [3.63, 3.8) is 0 Å². The Morgan fingerprint density at radius 3 is 2.61 bits per heavy atom. The molecule has 0 bridgehead atoms. The van der Waals surface area contributed by atoms with Gasteiger partial charge in [0.15, 0.2) is 11.8 Å². The summed E-state index contributed by atoms with van der Waals surface area (Å²) in [6.07, 6.45) is 8.34. The highest BCUT2D eigenvalue weighted by Gasteiger charge is 2.09. The first kappa shape index (κ1) is 20.3. The maximum atomic E-state index is 4.70. The molecule has 7 heteroatoms. The van der Waals surface area contributed by atoms with E-state index in [-0.39, 0.29) is 0 Å². The van der Waals surface area contributed by atoms with Crippen LogP contribution in [0, 0.1) is 0 Å². The van der Waals surface area contributed by atoms with Gasteiger partial charge >= 0.3 is 0 Å². The van der Waals surface area contributed by atoms with Gasteiger partial charge in [-0.15, -0.1) is 10.2 Å². The standard InChI is InChI=1S/C21H33N7/c1-2-22-21(23-13-10-16-27-14-8-3-4-9-15-27)24-17-20-26-25-18-28(20)19-11-6-5-7-12-19/h5-7,11-12,18H,2-4,8-10,13-17H2,1H3,(H2,22,23,24). The molecule has 1 aromatic heterocycles. The van der Waals surface area contributed by atoms with Gasteiger partial charge in [0.1, 0.15) is 12.9 Å². The lowest BCUT2D eigenvalue weighted by atomic mass is 10.2. The van der Waals surface area contributed by atoms with Crippen molar-refractivity contribution in [1.82, 2.24) is 30.3 Å². The van der Waals surface area contributed by atoms with E-state index >= 15 is 0 Å². The van der Waals surface area contributed by atoms with Crippen LogP contribution in [0.5, 0.6) is 0 Å². The Morgan fingerprint density at radius 2 is 1.86 bits per heavy atom. The third kappa shape index (κ3) is 6.34. The molecule has 2 aromatic rings. The summed E-state index contributed by atoms with van der Waals surface area (Å²) in [5.74, 6) is 1.66. The molecule has 0 radical (unpaired) electrons. The van der Waals surface area contributed by atoms with E-state index in [1.54, 1.807) is 6.33 Å². The Kier molecular flexibility index (Phi) is 8.30. The molecule has 1 aliphatic heterocycles. The minimum Gasteiger partial charge on any atom is -0.357 e. The molecule has 0 aliphatic carbocycles. The van der Waals surface area contributed by atoms with Crippen LogP contribution in [0.15, 0.2) is 41.7 Å². The van der Waals surface area contributed by atoms with Gasteiger partial charge < -0.3 is 15.5 Å². The van der Waals surface area contributed by atoms with Crippen LogP contribution in [0.3, 0.4) is 0 Å². The molecule has 1 aromatic carbocycles. The number of hydrogen-bond acceptors (Lipinski definition) is 4. The molecular weight excluding hydrogens is 350 g/mol. The monoisotopic (exact) mass is 383 g/mol. The minimum atomic E-state index is 0.482. The molecule has 28 heavy (non-hydrogen) atoms. The van der Waals surface area contributed by atoms with E-state index in [1.807, 2.05) is 34.9 Å². The van der Waals surface area contributed by atoms with Crippen LogP contribution in [-0.2, 0) is 6.54 Å². The summed E-state index contributed by atoms with van der Waals surface area (Å²) < 4.78 is 1.98. The van der Waals surface area contributed by atoms with Gasteiger partial charge in [0.2, 0.25) is 0 Å². The van der Waals surface area contributed by atoms with Crippen molar-refractivity contribution in [2.75, 3.05) is 32.7 Å². The lowest BCUT2D eigenvalue weighted by molar-refractivity contribution is 0.282. The number of nitrogens with one attached hydrogen (secondary N) is 2. The predicted octanol–water partition coefficient (Wildman–Crippen LogP) is 2.59. The van der Waals surface area contributed by atoms with Crippen molar-refractivity contribution in [1.29, 1.82) is 0 Å². The van der Waals surface area contributed by atoms with E-state index in [0.29, 0.717) is 6.54 Å². The Hall–Kier alpha value is -2.41. The second kappa shape index (κ2) is 11.4. The van der Waals surface area contributed by atoms with E-state index in [1.165, 1.54) is 38.8 Å². The SMILES string of the molecule is CCNC(=NCc1nncn1-c1ccccc1)NCCCN1CCCCCC1. The number of aromatic nitrogens is 3. The third-order valence-electron chi connectivity index (χ3n) is 5.02. The molecule has 7 nitrogen and oxygen atoms in total. The Labute approximate surface area is 168 Å². The summed E-state index contributed by atoms with van der Waals surface area (Å²) in [6, 6.07) is 10.1. The number of hydrogen-bond donors (Lipinski definition) is 2. The average molecular weight is 384 g/mol. The maximum Gasteiger partial charge on any atom is 0.191 e. The van der Waals surface area contributed by atoms with E-state index < -0.39 is 0 Å². The summed E-state index contributed by atoms with van der Waals surface area (Å²) in [5, 5.41) is 15.1. The van der Waals surface area contributed by atoms with Gasteiger partial charge in [0, 0.05) is 18.8 Å². The highest BCUT2D eigenvalue weighted by atomic mass is 15.3. The zero-order valence-corrected chi connectivity index (χ0v) is 17.0. The van der Waals surface area contributed by atoms with Crippen LogP contribution in [0.25, 0.3) is 5.69 Å². The topological polar surface area (TPSA) is 70.4 Å². The molecule has 3 rings (SSSR count). The zero-order chi connectivity index (χ0) is 19.4. The van der Waals surface area contributed by atoms with E-state index in [2.05, 4.69) is 32.7 Å². The number of nitrogens with zero attached hydrogens (tertiary/aromatic N) is 5. The minimum absolute atomic E-state index is 0.482. The second-order valence-electron chi connectivity index (χ2n) is 7.18. The van der Waals surface area contributed by atoms with Gasteiger partial charge in [-0.05, 0) is 58.0 Å². The molecule has 0 amide bonds. The van der Waals surface area contributed by atoms with Crippen LogP contribution < -0.4 is 10.6 Å². The van der Waals surface area contributed by atoms with Crippen LogP contribution >= 0.6 is 0 Å². The highest BCUT2D eigenvalue weighted by molar-refractivity contribution is 5.79. The Bertz CT molecular complexity index is 703. The summed E-state index contributed by atoms with van der Waals surface area (Å²) in [6.45, 7) is 8.00. The van der Waals surface area contributed by atoms with Gasteiger partial charge in [0.05, 0.1) is 0 Å². The van der Waals surface area contributed by atoms with Gasteiger partial charge in [-0.1, -0.05) is 31.0 Å². The third-order valence-corrected chi connectivity index (χ3v) is 5.02. The molecule has 152 valence electrons. The number of para-hydroxylation sites is 1. The highest BCUT2D eigenvalue weighted by Crippen LogP contribution is 2.10. The number of rotatable bonds is 8. The van der Waals surface area contributed by atoms with Gasteiger partial charge in [-0.3, -0.25) is 4.57 Å².